The maximum Gasteiger partial charge on any atom is 0.416 e. The van der Waals surface area contributed by atoms with Crippen molar-refractivity contribution in [2.24, 2.45) is 5.16 Å². The summed E-state index contributed by atoms with van der Waals surface area (Å²) in [7, 11) is -3.13. The molecule has 6 nitrogen and oxygen atoms in total. The van der Waals surface area contributed by atoms with Crippen molar-refractivity contribution in [2.45, 2.75) is 56.2 Å². The number of halogens is 5. The fraction of sp³-hybridized carbons (Fsp3) is 0.417. The molecule has 36 heavy (non-hydrogen) atoms. The van der Waals surface area contributed by atoms with E-state index in [1.165, 1.54) is 13.2 Å². The van der Waals surface area contributed by atoms with Crippen LogP contribution < -0.4 is 5.32 Å². The van der Waals surface area contributed by atoms with E-state index in [4.69, 9.17) is 16.4 Å². The van der Waals surface area contributed by atoms with Crippen molar-refractivity contribution in [3.8, 4) is 0 Å². The summed E-state index contributed by atoms with van der Waals surface area (Å²) < 4.78 is 77.6. The summed E-state index contributed by atoms with van der Waals surface area (Å²) in [5.74, 6) is -1.35. The van der Waals surface area contributed by atoms with Crippen LogP contribution in [0.1, 0.15) is 58.8 Å². The SMILES string of the molecule is Cc1cc(C2=NOC(C)(c3cc(C(F)(F)F)cc(Cl)c3F)C2)ccc1C(=O)NC1CC(S(C)(=O)=O)C1. The summed E-state index contributed by atoms with van der Waals surface area (Å²) in [5, 5.41) is 5.69. The van der Waals surface area contributed by atoms with Gasteiger partial charge < -0.3 is 10.2 Å². The monoisotopic (exact) mass is 546 g/mol. The number of hydrogen-bond acceptors (Lipinski definition) is 5. The lowest BCUT2D eigenvalue weighted by Crippen LogP contribution is -2.49. The van der Waals surface area contributed by atoms with Crippen molar-refractivity contribution >= 4 is 33.1 Å². The number of rotatable bonds is 5. The molecule has 2 aliphatic rings. The Hall–Kier alpha value is -2.66. The van der Waals surface area contributed by atoms with Crippen LogP contribution in [0.15, 0.2) is 35.5 Å². The van der Waals surface area contributed by atoms with Gasteiger partial charge in [0.05, 0.1) is 21.5 Å². The zero-order valence-corrected chi connectivity index (χ0v) is 21.1. The number of amides is 1. The van der Waals surface area contributed by atoms with E-state index in [1.807, 2.05) is 0 Å². The number of carbonyl (C=O) groups excluding carboxylic acids is 1. The maximum absolute atomic E-state index is 14.7. The van der Waals surface area contributed by atoms with Gasteiger partial charge >= 0.3 is 6.18 Å². The maximum atomic E-state index is 14.7. The molecule has 1 saturated carbocycles. The standard InChI is InChI=1S/C24H23ClF4N2O4S/c1-12-6-13(4-5-17(12)22(32)30-15-9-16(10-15)36(3,33)34)20-11-23(2,35-31-20)18-7-14(24(27,28)29)8-19(25)21(18)26/h4-8,15-16H,9-11H2,1-3H3,(H,30,32). The van der Waals surface area contributed by atoms with Crippen LogP contribution in [0, 0.1) is 12.7 Å². The van der Waals surface area contributed by atoms with Gasteiger partial charge in [0, 0.05) is 29.8 Å². The molecule has 1 fully saturated rings. The normalized spacial score (nSPS) is 24.1. The van der Waals surface area contributed by atoms with Crippen molar-refractivity contribution in [3.05, 3.63) is 69.0 Å². The molecule has 1 aliphatic heterocycles. The molecule has 0 aromatic heterocycles. The van der Waals surface area contributed by atoms with Crippen molar-refractivity contribution in [2.75, 3.05) is 6.26 Å². The molecule has 1 unspecified atom stereocenters. The molecule has 2 aromatic carbocycles. The first-order valence-corrected chi connectivity index (χ1v) is 13.3. The van der Waals surface area contributed by atoms with Crippen LogP contribution >= 0.6 is 11.6 Å². The molecule has 1 atom stereocenters. The summed E-state index contributed by atoms with van der Waals surface area (Å²) in [6, 6.07) is 5.85. The number of alkyl halides is 3. The van der Waals surface area contributed by atoms with Gasteiger partial charge in [0.2, 0.25) is 0 Å². The third-order valence-corrected chi connectivity index (χ3v) is 8.50. The van der Waals surface area contributed by atoms with Crippen molar-refractivity contribution < 1.29 is 35.6 Å². The lowest BCUT2D eigenvalue weighted by Gasteiger charge is -2.34. The average molecular weight is 547 g/mol. The van der Waals surface area contributed by atoms with Crippen LogP contribution in [-0.4, -0.2) is 37.6 Å². The first-order chi connectivity index (χ1) is 16.6. The zero-order chi connectivity index (χ0) is 26.6. The summed E-state index contributed by atoms with van der Waals surface area (Å²) in [4.78, 5) is 18.1. The number of carbonyl (C=O) groups is 1. The number of nitrogens with one attached hydrogen (secondary N) is 1. The van der Waals surface area contributed by atoms with Crippen molar-refractivity contribution in [3.63, 3.8) is 0 Å². The average Bonchev–Trinajstić information content (AvgIpc) is 3.13. The zero-order valence-electron chi connectivity index (χ0n) is 19.5. The highest BCUT2D eigenvalue weighted by Gasteiger charge is 2.42. The Morgan fingerprint density at radius 3 is 2.47 bits per heavy atom. The van der Waals surface area contributed by atoms with Gasteiger partial charge in [-0.3, -0.25) is 4.79 Å². The van der Waals surface area contributed by atoms with E-state index >= 15 is 0 Å². The minimum Gasteiger partial charge on any atom is -0.384 e. The van der Waals surface area contributed by atoms with Gasteiger partial charge in [-0.15, -0.1) is 0 Å². The largest absolute Gasteiger partial charge is 0.416 e. The van der Waals surface area contributed by atoms with E-state index in [0.29, 0.717) is 47.4 Å². The van der Waals surface area contributed by atoms with E-state index in [2.05, 4.69) is 10.5 Å². The van der Waals surface area contributed by atoms with Gasteiger partial charge in [-0.2, -0.15) is 13.2 Å². The summed E-state index contributed by atoms with van der Waals surface area (Å²) >= 11 is 5.73. The number of aryl methyl sites for hydroxylation is 1. The van der Waals surface area contributed by atoms with Gasteiger partial charge in [-0.05, 0) is 62.1 Å². The predicted octanol–water partition coefficient (Wildman–Crippen LogP) is 5.15. The molecular formula is C24H23ClF4N2O4S. The number of oxime groups is 1. The molecule has 0 radical (unpaired) electrons. The van der Waals surface area contributed by atoms with Gasteiger partial charge in [0.15, 0.2) is 5.60 Å². The quantitative estimate of drug-likeness (QED) is 0.526. The molecule has 0 bridgehead atoms. The Balaban J connectivity index is 1.49. The van der Waals surface area contributed by atoms with Gasteiger partial charge in [0.25, 0.3) is 5.91 Å². The van der Waals surface area contributed by atoms with Crippen molar-refractivity contribution in [1.82, 2.24) is 5.32 Å². The number of hydrogen-bond donors (Lipinski definition) is 1. The lowest BCUT2D eigenvalue weighted by molar-refractivity contribution is -0.137. The van der Waals surface area contributed by atoms with E-state index in [1.54, 1.807) is 25.1 Å². The van der Waals surface area contributed by atoms with Crippen LogP contribution in [0.5, 0.6) is 0 Å². The van der Waals surface area contributed by atoms with Crippen molar-refractivity contribution in [1.29, 1.82) is 0 Å². The smallest absolute Gasteiger partial charge is 0.384 e. The van der Waals surface area contributed by atoms with E-state index in [-0.39, 0.29) is 23.9 Å². The molecule has 0 saturated heterocycles. The van der Waals surface area contributed by atoms with Gasteiger partial charge in [-0.25, -0.2) is 12.8 Å². The second kappa shape index (κ2) is 9.02. The molecule has 1 aliphatic carbocycles. The third kappa shape index (κ3) is 5.08. The predicted molar refractivity (Wildman–Crippen MR) is 126 cm³/mol. The van der Waals surface area contributed by atoms with Gasteiger partial charge in [0.1, 0.15) is 15.7 Å². The number of benzene rings is 2. The molecule has 1 N–H and O–H groups in total. The first kappa shape index (κ1) is 26.4. The van der Waals surface area contributed by atoms with Crippen LogP contribution in [0.25, 0.3) is 0 Å². The molecular weight excluding hydrogens is 524 g/mol. The summed E-state index contributed by atoms with van der Waals surface area (Å²) in [5.41, 5.74) is -1.05. The number of nitrogens with zero attached hydrogens (tertiary/aromatic N) is 1. The topological polar surface area (TPSA) is 84.8 Å². The Morgan fingerprint density at radius 1 is 1.22 bits per heavy atom. The van der Waals surface area contributed by atoms with Crippen LogP contribution in [-0.2, 0) is 26.5 Å². The van der Waals surface area contributed by atoms with Crippen LogP contribution in [0.4, 0.5) is 17.6 Å². The molecule has 1 amide bonds. The summed E-state index contributed by atoms with van der Waals surface area (Å²) in [6.45, 7) is 3.13. The third-order valence-electron chi connectivity index (χ3n) is 6.63. The highest BCUT2D eigenvalue weighted by atomic mass is 35.5. The summed E-state index contributed by atoms with van der Waals surface area (Å²) in [6.07, 6.45) is -2.84. The highest BCUT2D eigenvalue weighted by molar-refractivity contribution is 7.91. The fourth-order valence-corrected chi connectivity index (χ4v) is 5.75. The van der Waals surface area contributed by atoms with Gasteiger partial charge in [-0.1, -0.05) is 22.8 Å². The Morgan fingerprint density at radius 2 is 1.89 bits per heavy atom. The molecule has 4 rings (SSSR count). The lowest BCUT2D eigenvalue weighted by atomic mass is 9.87. The minimum absolute atomic E-state index is 0.0263. The highest BCUT2D eigenvalue weighted by Crippen LogP contribution is 2.42. The molecule has 1 heterocycles. The Kier molecular flexibility index (Phi) is 6.62. The second-order valence-electron chi connectivity index (χ2n) is 9.48. The van der Waals surface area contributed by atoms with E-state index in [9.17, 15) is 30.8 Å². The van der Waals surface area contributed by atoms with E-state index < -0.39 is 43.3 Å². The Bertz CT molecular complexity index is 1370. The molecule has 194 valence electrons. The first-order valence-electron chi connectivity index (χ1n) is 11.0. The molecule has 0 spiro atoms. The molecule has 12 heteroatoms. The van der Waals surface area contributed by atoms with Crippen LogP contribution in [0.3, 0.4) is 0 Å². The fourth-order valence-electron chi connectivity index (χ4n) is 4.37. The Labute approximate surface area is 210 Å². The van der Waals surface area contributed by atoms with E-state index in [0.717, 1.165) is 0 Å². The van der Waals surface area contributed by atoms with Crippen LogP contribution in [0.2, 0.25) is 5.02 Å². The second-order valence-corrected chi connectivity index (χ2v) is 12.2. The minimum atomic E-state index is -4.72. The molecule has 2 aromatic rings. The number of sulfone groups is 1.